The maximum atomic E-state index is 14.1. The Bertz CT molecular complexity index is 878. The Kier molecular flexibility index (Phi) is 8.89. The zero-order chi connectivity index (χ0) is 20.2. The molecule has 144 valence electrons. The first-order valence-corrected chi connectivity index (χ1v) is 8.01. The van der Waals surface area contributed by atoms with E-state index < -0.39 is 41.4 Å². The molecule has 0 radical (unpaired) electrons. The zero-order valence-corrected chi connectivity index (χ0v) is 17.9. The molecule has 0 saturated carbocycles. The van der Waals surface area contributed by atoms with Gasteiger partial charge in [-0.3, -0.25) is 4.98 Å². The number of aromatic nitrogens is 1. The third-order valence-electron chi connectivity index (χ3n) is 3.52. The van der Waals surface area contributed by atoms with E-state index in [-0.39, 0.29) is 47.2 Å². The normalized spacial score (nSPS) is 17.5. The second-order valence-electron chi connectivity index (χ2n) is 5.30. The summed E-state index contributed by atoms with van der Waals surface area (Å²) in [6.45, 7) is -0.548. The molecule has 0 bridgehead atoms. The molecule has 0 amide bonds. The van der Waals surface area contributed by atoms with Crippen LogP contribution in [0.4, 0.5) is 18.0 Å². The summed E-state index contributed by atoms with van der Waals surface area (Å²) in [7, 11) is 0. The van der Waals surface area contributed by atoms with Gasteiger partial charge in [-0.1, -0.05) is 11.2 Å². The maximum Gasteiger partial charge on any atom is 1.00 e. The van der Waals surface area contributed by atoms with Crippen molar-refractivity contribution in [3.63, 3.8) is 0 Å². The zero-order valence-electron chi connectivity index (χ0n) is 14.3. The monoisotopic (exact) mass is 470 g/mol. The first kappa shape index (κ1) is 24.4. The summed E-state index contributed by atoms with van der Waals surface area (Å²) in [5, 5.41) is 28.7. The molecule has 1 atom stereocenters. The standard InChI is InChI=1S/C15H10BrF3N2O2.CH2O3.Na/c16-12-5-15(7-22,23-21-12)14-9(4-8(17)6-20-14)13-10(18)2-1-3-11(13)19;2-1(3)4;/h1-4,6,22H,5,7H2;(H2,2,3,4);/q;;+1/p-1. The maximum absolute atomic E-state index is 14.1. The fourth-order valence-electron chi connectivity index (χ4n) is 2.47. The van der Waals surface area contributed by atoms with Crippen molar-refractivity contribution >= 4 is 26.7 Å². The van der Waals surface area contributed by atoms with Crippen molar-refractivity contribution in [3.05, 3.63) is 53.6 Å². The van der Waals surface area contributed by atoms with Crippen molar-refractivity contribution in [2.45, 2.75) is 12.0 Å². The second-order valence-corrected chi connectivity index (χ2v) is 6.22. The molecule has 2 aromatic rings. The van der Waals surface area contributed by atoms with Gasteiger partial charge in [0.25, 0.3) is 0 Å². The smallest absolute Gasteiger partial charge is 0.565 e. The predicted octanol–water partition coefficient (Wildman–Crippen LogP) is -0.626. The number of carboxylic acid groups (broad SMARTS) is 2. The molecule has 1 aliphatic heterocycles. The minimum Gasteiger partial charge on any atom is -0.565 e. The molecule has 0 fully saturated rings. The van der Waals surface area contributed by atoms with Crippen LogP contribution in [0.5, 0.6) is 0 Å². The Morgan fingerprint density at radius 1 is 1.32 bits per heavy atom. The minimum atomic E-state index is -2.08. The van der Waals surface area contributed by atoms with Crippen molar-refractivity contribution in [1.29, 1.82) is 0 Å². The number of carbonyl (C=O) groups is 1. The Labute approximate surface area is 187 Å². The molecule has 2 heterocycles. The van der Waals surface area contributed by atoms with Gasteiger partial charge in [-0.25, -0.2) is 13.2 Å². The van der Waals surface area contributed by atoms with Crippen LogP contribution in [0.3, 0.4) is 0 Å². The Balaban J connectivity index is 0.000000717. The Morgan fingerprint density at radius 2 is 1.89 bits per heavy atom. The topological polar surface area (TPSA) is 115 Å². The largest absolute Gasteiger partial charge is 1.00 e. The van der Waals surface area contributed by atoms with Gasteiger partial charge in [0, 0.05) is 5.56 Å². The molecule has 1 aliphatic rings. The van der Waals surface area contributed by atoms with Crippen LogP contribution in [0.1, 0.15) is 12.1 Å². The number of nitrogens with zero attached hydrogens (tertiary/aromatic N) is 2. The number of benzene rings is 1. The number of halogens is 4. The molecule has 7 nitrogen and oxygen atoms in total. The van der Waals surface area contributed by atoms with Crippen molar-refractivity contribution in [2.75, 3.05) is 6.61 Å². The summed E-state index contributed by atoms with van der Waals surface area (Å²) >= 11 is 3.14. The Morgan fingerprint density at radius 3 is 2.36 bits per heavy atom. The van der Waals surface area contributed by atoms with Gasteiger partial charge in [-0.05, 0) is 34.1 Å². The molecule has 0 saturated heterocycles. The fraction of sp³-hybridized carbons (Fsp3) is 0.188. The average Bonchev–Trinajstić information content (AvgIpc) is 2.97. The average molecular weight is 471 g/mol. The third kappa shape index (κ3) is 5.45. The van der Waals surface area contributed by atoms with E-state index in [4.69, 9.17) is 19.8 Å². The molecular weight excluding hydrogens is 460 g/mol. The van der Waals surface area contributed by atoms with E-state index in [1.165, 1.54) is 6.07 Å². The van der Waals surface area contributed by atoms with Crippen LogP contribution < -0.4 is 34.7 Å². The molecular formula is C16H11BrF3N2NaO5. The number of oxime groups is 1. The number of hydrogen-bond acceptors (Lipinski definition) is 6. The SMILES string of the molecule is O=C([O-])O.OCC1(c2ncc(F)cc2-c2c(F)cccc2F)CC(Br)=NO1.[Na+]. The van der Waals surface area contributed by atoms with Crippen molar-refractivity contribution < 1.29 is 67.7 Å². The molecule has 2 N–H and O–H groups in total. The third-order valence-corrected chi connectivity index (χ3v) is 3.95. The summed E-state index contributed by atoms with van der Waals surface area (Å²) in [4.78, 5) is 17.6. The summed E-state index contributed by atoms with van der Waals surface area (Å²) in [5.41, 5.74) is -2.00. The van der Waals surface area contributed by atoms with Crippen molar-refractivity contribution in [3.8, 4) is 11.1 Å². The number of hydrogen-bond donors (Lipinski definition) is 2. The van der Waals surface area contributed by atoms with Crippen LogP contribution >= 0.6 is 15.9 Å². The van der Waals surface area contributed by atoms with E-state index in [0.29, 0.717) is 4.62 Å². The van der Waals surface area contributed by atoms with Gasteiger partial charge in [0.15, 0.2) is 0 Å². The second kappa shape index (κ2) is 10.2. The van der Waals surface area contributed by atoms with Gasteiger partial charge in [-0.15, -0.1) is 0 Å². The molecule has 3 rings (SSSR count). The number of aliphatic hydroxyl groups is 1. The summed E-state index contributed by atoms with van der Waals surface area (Å²) in [6.07, 6.45) is -1.09. The van der Waals surface area contributed by atoms with E-state index in [1.54, 1.807) is 0 Å². The number of rotatable bonds is 3. The van der Waals surface area contributed by atoms with Gasteiger partial charge in [0.2, 0.25) is 11.8 Å². The van der Waals surface area contributed by atoms with Gasteiger partial charge in [0.1, 0.15) is 22.1 Å². The van der Waals surface area contributed by atoms with Crippen LogP contribution in [0.15, 0.2) is 35.6 Å². The number of pyridine rings is 1. The van der Waals surface area contributed by atoms with Gasteiger partial charge in [-0.2, -0.15) is 0 Å². The van der Waals surface area contributed by atoms with Gasteiger partial charge >= 0.3 is 29.6 Å². The first-order valence-electron chi connectivity index (χ1n) is 7.22. The first-order chi connectivity index (χ1) is 12.7. The van der Waals surface area contributed by atoms with E-state index in [9.17, 15) is 18.3 Å². The fourth-order valence-corrected chi connectivity index (χ4v) is 3.00. The molecule has 0 aliphatic carbocycles. The van der Waals surface area contributed by atoms with Crippen LogP contribution in [-0.2, 0) is 10.4 Å². The van der Waals surface area contributed by atoms with E-state index in [2.05, 4.69) is 26.1 Å². The molecule has 12 heteroatoms. The molecule has 28 heavy (non-hydrogen) atoms. The van der Waals surface area contributed by atoms with E-state index in [1.807, 2.05) is 0 Å². The van der Waals surface area contributed by atoms with Gasteiger partial charge < -0.3 is 25.0 Å². The van der Waals surface area contributed by atoms with Crippen LogP contribution in [0.2, 0.25) is 0 Å². The van der Waals surface area contributed by atoms with Gasteiger partial charge in [0.05, 0.1) is 30.5 Å². The molecule has 0 spiro atoms. The summed E-state index contributed by atoms with van der Waals surface area (Å²) in [6, 6.07) is 4.27. The summed E-state index contributed by atoms with van der Waals surface area (Å²) in [5.74, 6) is -2.51. The van der Waals surface area contributed by atoms with Crippen molar-refractivity contribution in [1.82, 2.24) is 4.98 Å². The predicted molar refractivity (Wildman–Crippen MR) is 88.4 cm³/mol. The van der Waals surface area contributed by atoms with Crippen LogP contribution in [0, 0.1) is 17.5 Å². The molecule has 1 aromatic heterocycles. The number of aliphatic hydroxyl groups excluding tert-OH is 1. The molecule has 1 aromatic carbocycles. The molecule has 1 unspecified atom stereocenters. The van der Waals surface area contributed by atoms with Crippen molar-refractivity contribution in [2.24, 2.45) is 5.16 Å². The van der Waals surface area contributed by atoms with E-state index >= 15 is 0 Å². The quantitative estimate of drug-likeness (QED) is 0.577. The van der Waals surface area contributed by atoms with Crippen LogP contribution in [0.25, 0.3) is 11.1 Å². The minimum absolute atomic E-state index is 0. The van der Waals surface area contributed by atoms with E-state index in [0.717, 1.165) is 24.4 Å². The Hall–Kier alpha value is -1.66. The summed E-state index contributed by atoms with van der Waals surface area (Å²) < 4.78 is 42.3. The van der Waals surface area contributed by atoms with Crippen LogP contribution in [-0.4, -0.2) is 32.6 Å².